The maximum atomic E-state index is 12.5. The molecule has 1 saturated heterocycles. The molecule has 0 radical (unpaired) electrons. The number of aromatic nitrogens is 2. The van der Waals surface area contributed by atoms with Crippen LogP contribution in [0.3, 0.4) is 0 Å². The third-order valence-corrected chi connectivity index (χ3v) is 6.37. The lowest BCUT2D eigenvalue weighted by molar-refractivity contribution is -0.135. The molecule has 138 valence electrons. The number of carbonyl (C=O) groups is 1. The van der Waals surface area contributed by atoms with Crippen molar-refractivity contribution in [1.29, 1.82) is 0 Å². The number of carbonyl (C=O) groups excluding carboxylic acids is 1. The first-order chi connectivity index (χ1) is 12.7. The van der Waals surface area contributed by atoms with E-state index in [4.69, 9.17) is 16.6 Å². The van der Waals surface area contributed by atoms with Gasteiger partial charge in [0.25, 0.3) is 0 Å². The smallest absolute Gasteiger partial charge is 0.225 e. The van der Waals surface area contributed by atoms with Gasteiger partial charge in [-0.2, -0.15) is 4.37 Å². The SMILES string of the molecule is O=C(C1CCCC1)N1CCN(c2nc(Cc3ccc(Cl)cc3)ns2)CC1. The number of piperazine rings is 1. The fourth-order valence-electron chi connectivity index (χ4n) is 3.78. The summed E-state index contributed by atoms with van der Waals surface area (Å²) in [7, 11) is 0. The Hall–Kier alpha value is -1.66. The molecule has 0 unspecified atom stereocenters. The Bertz CT molecular complexity index is 749. The second-order valence-corrected chi connectivity index (χ2v) is 8.26. The van der Waals surface area contributed by atoms with Gasteiger partial charge in [0.1, 0.15) is 5.82 Å². The van der Waals surface area contributed by atoms with Crippen molar-refractivity contribution in [3.63, 3.8) is 0 Å². The fraction of sp³-hybridized carbons (Fsp3) is 0.526. The number of benzene rings is 1. The molecule has 1 aliphatic carbocycles. The minimum atomic E-state index is 0.272. The minimum absolute atomic E-state index is 0.272. The highest BCUT2D eigenvalue weighted by Crippen LogP contribution is 2.27. The molecular weight excluding hydrogens is 368 g/mol. The number of hydrogen-bond acceptors (Lipinski definition) is 5. The van der Waals surface area contributed by atoms with Crippen LogP contribution in [0.5, 0.6) is 0 Å². The molecule has 0 atom stereocenters. The average molecular weight is 391 g/mol. The molecule has 0 bridgehead atoms. The van der Waals surface area contributed by atoms with Gasteiger partial charge in [0.05, 0.1) is 0 Å². The van der Waals surface area contributed by atoms with Gasteiger partial charge in [-0.1, -0.05) is 36.6 Å². The van der Waals surface area contributed by atoms with E-state index in [1.807, 2.05) is 29.2 Å². The lowest BCUT2D eigenvalue weighted by Gasteiger charge is -2.35. The Morgan fingerprint density at radius 2 is 1.81 bits per heavy atom. The number of rotatable bonds is 4. The maximum Gasteiger partial charge on any atom is 0.225 e. The Morgan fingerprint density at radius 3 is 2.50 bits per heavy atom. The zero-order valence-corrected chi connectivity index (χ0v) is 16.3. The molecule has 1 aromatic heterocycles. The summed E-state index contributed by atoms with van der Waals surface area (Å²) >= 11 is 7.38. The van der Waals surface area contributed by atoms with Crippen LogP contribution in [0.4, 0.5) is 5.13 Å². The maximum absolute atomic E-state index is 12.5. The van der Waals surface area contributed by atoms with E-state index in [9.17, 15) is 4.79 Å². The number of amides is 1. The number of hydrogen-bond donors (Lipinski definition) is 0. The Labute approximate surface area is 163 Å². The highest BCUT2D eigenvalue weighted by molar-refractivity contribution is 7.09. The summed E-state index contributed by atoms with van der Waals surface area (Å²) in [4.78, 5) is 21.5. The van der Waals surface area contributed by atoms with Gasteiger partial charge in [0, 0.05) is 55.1 Å². The summed E-state index contributed by atoms with van der Waals surface area (Å²) < 4.78 is 4.50. The third-order valence-electron chi connectivity index (χ3n) is 5.30. The van der Waals surface area contributed by atoms with Crippen molar-refractivity contribution in [3.8, 4) is 0 Å². The zero-order chi connectivity index (χ0) is 17.9. The molecule has 5 nitrogen and oxygen atoms in total. The highest BCUT2D eigenvalue weighted by atomic mass is 35.5. The molecule has 2 aliphatic rings. The number of halogens is 1. The topological polar surface area (TPSA) is 49.3 Å². The predicted molar refractivity (Wildman–Crippen MR) is 105 cm³/mol. The second kappa shape index (κ2) is 7.92. The molecule has 2 aromatic rings. The summed E-state index contributed by atoms with van der Waals surface area (Å²) in [5.74, 6) is 1.48. The molecule has 2 fully saturated rings. The van der Waals surface area contributed by atoms with Gasteiger partial charge in [-0.25, -0.2) is 4.98 Å². The fourth-order valence-corrected chi connectivity index (χ4v) is 4.64. The molecule has 4 rings (SSSR count). The first-order valence-corrected chi connectivity index (χ1v) is 10.4. The number of anilines is 1. The van der Waals surface area contributed by atoms with Gasteiger partial charge < -0.3 is 9.80 Å². The van der Waals surface area contributed by atoms with Crippen LogP contribution in [-0.2, 0) is 11.2 Å². The van der Waals surface area contributed by atoms with E-state index in [0.717, 1.165) is 60.6 Å². The largest absolute Gasteiger partial charge is 0.343 e. The normalized spacial score (nSPS) is 18.5. The van der Waals surface area contributed by atoms with Crippen LogP contribution in [0.25, 0.3) is 0 Å². The van der Waals surface area contributed by atoms with E-state index in [0.29, 0.717) is 12.3 Å². The first kappa shape index (κ1) is 17.7. The van der Waals surface area contributed by atoms with Crippen LogP contribution in [0.2, 0.25) is 5.02 Å². The van der Waals surface area contributed by atoms with Crippen LogP contribution >= 0.6 is 23.1 Å². The molecule has 1 saturated carbocycles. The summed E-state index contributed by atoms with van der Waals surface area (Å²) in [6.07, 6.45) is 5.27. The van der Waals surface area contributed by atoms with Crippen LogP contribution in [-0.4, -0.2) is 46.3 Å². The predicted octanol–water partition coefficient (Wildman–Crippen LogP) is 3.62. The molecule has 1 amide bonds. The first-order valence-electron chi connectivity index (χ1n) is 9.30. The van der Waals surface area contributed by atoms with E-state index < -0.39 is 0 Å². The molecule has 26 heavy (non-hydrogen) atoms. The van der Waals surface area contributed by atoms with Crippen molar-refractivity contribution in [2.75, 3.05) is 31.1 Å². The van der Waals surface area contributed by atoms with Crippen molar-refractivity contribution < 1.29 is 4.79 Å². The quantitative estimate of drug-likeness (QED) is 0.800. The molecule has 0 N–H and O–H groups in total. The van der Waals surface area contributed by atoms with Gasteiger partial charge in [-0.15, -0.1) is 0 Å². The van der Waals surface area contributed by atoms with Crippen molar-refractivity contribution in [3.05, 3.63) is 40.7 Å². The molecule has 0 spiro atoms. The van der Waals surface area contributed by atoms with E-state index >= 15 is 0 Å². The van der Waals surface area contributed by atoms with Crippen LogP contribution in [0.15, 0.2) is 24.3 Å². The summed E-state index contributed by atoms with van der Waals surface area (Å²) in [5.41, 5.74) is 1.16. The summed E-state index contributed by atoms with van der Waals surface area (Å²) in [6.45, 7) is 3.27. The summed E-state index contributed by atoms with van der Waals surface area (Å²) in [5, 5.41) is 1.70. The Kier molecular flexibility index (Phi) is 5.41. The van der Waals surface area contributed by atoms with Crippen molar-refractivity contribution >= 4 is 34.2 Å². The molecule has 1 aromatic carbocycles. The average Bonchev–Trinajstić information content (AvgIpc) is 3.35. The van der Waals surface area contributed by atoms with Crippen LogP contribution < -0.4 is 4.90 Å². The van der Waals surface area contributed by atoms with Gasteiger partial charge in [-0.3, -0.25) is 4.79 Å². The van der Waals surface area contributed by atoms with E-state index in [-0.39, 0.29) is 5.92 Å². The van der Waals surface area contributed by atoms with Gasteiger partial charge in [0.2, 0.25) is 11.0 Å². The van der Waals surface area contributed by atoms with Gasteiger partial charge in [-0.05, 0) is 30.5 Å². The van der Waals surface area contributed by atoms with Crippen molar-refractivity contribution in [2.45, 2.75) is 32.1 Å². The van der Waals surface area contributed by atoms with E-state index in [1.54, 1.807) is 0 Å². The van der Waals surface area contributed by atoms with Gasteiger partial charge in [0.15, 0.2) is 0 Å². The molecule has 1 aliphatic heterocycles. The minimum Gasteiger partial charge on any atom is -0.343 e. The second-order valence-electron chi connectivity index (χ2n) is 7.09. The van der Waals surface area contributed by atoms with E-state index in [1.165, 1.54) is 24.4 Å². The number of nitrogens with zero attached hydrogens (tertiary/aromatic N) is 4. The van der Waals surface area contributed by atoms with Crippen molar-refractivity contribution in [1.82, 2.24) is 14.3 Å². The van der Waals surface area contributed by atoms with Crippen LogP contribution in [0, 0.1) is 5.92 Å². The standard InChI is InChI=1S/C19H23ClN4OS/c20-16-7-5-14(6-8-16)13-17-21-19(26-22-17)24-11-9-23(10-12-24)18(25)15-3-1-2-4-15/h5-8,15H,1-4,9-13H2. The Morgan fingerprint density at radius 1 is 1.12 bits per heavy atom. The monoisotopic (exact) mass is 390 g/mol. The molecule has 7 heteroatoms. The van der Waals surface area contributed by atoms with Gasteiger partial charge >= 0.3 is 0 Å². The lowest BCUT2D eigenvalue weighted by Crippen LogP contribution is -2.50. The zero-order valence-electron chi connectivity index (χ0n) is 14.7. The third kappa shape index (κ3) is 4.01. The van der Waals surface area contributed by atoms with E-state index in [2.05, 4.69) is 9.27 Å². The Balaban J connectivity index is 1.32. The summed E-state index contributed by atoms with van der Waals surface area (Å²) in [6, 6.07) is 7.81. The molecule has 2 heterocycles. The van der Waals surface area contributed by atoms with Crippen molar-refractivity contribution in [2.24, 2.45) is 5.92 Å². The lowest BCUT2D eigenvalue weighted by atomic mass is 10.1. The molecular formula is C19H23ClN4OS. The van der Waals surface area contributed by atoms with Crippen LogP contribution in [0.1, 0.15) is 37.1 Å². The highest BCUT2D eigenvalue weighted by Gasteiger charge is 2.30.